The van der Waals surface area contributed by atoms with E-state index in [1.807, 2.05) is 60.4 Å². The van der Waals surface area contributed by atoms with Gasteiger partial charge in [0.2, 0.25) is 0 Å². The van der Waals surface area contributed by atoms with Crippen LogP contribution < -0.4 is 37.9 Å². The fraction of sp³-hybridized carbons (Fsp3) is 0.553. The van der Waals surface area contributed by atoms with Crippen molar-refractivity contribution in [3.05, 3.63) is 200 Å². The molecule has 12 rings (SSSR count). The first-order valence-corrected chi connectivity index (χ1v) is 40.5. The Morgan fingerprint density at radius 1 is 0.355 bits per heavy atom. The van der Waals surface area contributed by atoms with Crippen LogP contribution in [0.1, 0.15) is 254 Å². The van der Waals surface area contributed by atoms with Crippen molar-refractivity contribution in [2.45, 2.75) is 240 Å². The molecular formula is C94H130N4O8S. The number of thiazole rings is 1. The molecular weight excluding hydrogens is 1350 g/mol. The molecule has 0 aliphatic heterocycles. The van der Waals surface area contributed by atoms with Gasteiger partial charge in [-0.3, -0.25) is 19.9 Å². The average Bonchev–Trinajstić information content (AvgIpc) is 1.05. The molecule has 0 bridgehead atoms. The molecule has 12 nitrogen and oxygen atoms in total. The molecule has 0 fully saturated rings. The molecule has 8 unspecified atom stereocenters. The van der Waals surface area contributed by atoms with Gasteiger partial charge in [0.15, 0.2) is 46.0 Å². The minimum absolute atomic E-state index is 0.214. The molecule has 0 saturated carbocycles. The third kappa shape index (κ3) is 21.2. The van der Waals surface area contributed by atoms with Crippen molar-refractivity contribution in [3.8, 4) is 46.0 Å². The van der Waals surface area contributed by atoms with E-state index >= 15 is 0 Å². The van der Waals surface area contributed by atoms with Gasteiger partial charge in [-0.15, -0.1) is 11.3 Å². The predicted octanol–water partition coefficient (Wildman–Crippen LogP) is 24.1. The minimum Gasteiger partial charge on any atom is -0.493 e. The summed E-state index contributed by atoms with van der Waals surface area (Å²) < 4.78 is 47.2. The van der Waals surface area contributed by atoms with Gasteiger partial charge < -0.3 is 37.9 Å². The number of benzene rings is 4. The summed E-state index contributed by atoms with van der Waals surface area (Å²) in [4.78, 5) is 17.8. The van der Waals surface area contributed by atoms with E-state index in [4.69, 9.17) is 37.9 Å². The van der Waals surface area contributed by atoms with Gasteiger partial charge in [-0.1, -0.05) is 151 Å². The smallest absolute Gasteiger partial charge is 0.162 e. The highest BCUT2D eigenvalue weighted by molar-refractivity contribution is 7.09. The average molecular weight is 1480 g/mol. The first kappa shape index (κ1) is 83.4. The van der Waals surface area contributed by atoms with Crippen LogP contribution in [0.25, 0.3) is 0 Å². The Hall–Kier alpha value is -7.64. The van der Waals surface area contributed by atoms with Gasteiger partial charge in [-0.2, -0.15) is 0 Å². The van der Waals surface area contributed by atoms with Crippen molar-refractivity contribution in [1.82, 2.24) is 19.9 Å². The number of fused-ring (bicyclic) bond motifs is 4. The summed E-state index contributed by atoms with van der Waals surface area (Å²) in [6.07, 6.45) is 20.3. The fourth-order valence-electron chi connectivity index (χ4n) is 18.2. The zero-order chi connectivity index (χ0) is 77.7. The molecule has 0 N–H and O–H groups in total. The van der Waals surface area contributed by atoms with Crippen LogP contribution in [0.3, 0.4) is 0 Å². The second-order valence-electron chi connectivity index (χ2n) is 36.1. The molecule has 4 aliphatic carbocycles. The van der Waals surface area contributed by atoms with E-state index in [9.17, 15) is 0 Å². The highest BCUT2D eigenvalue weighted by Crippen LogP contribution is 2.56. The van der Waals surface area contributed by atoms with Crippen LogP contribution in [0, 0.1) is 69.0 Å². The van der Waals surface area contributed by atoms with Crippen LogP contribution in [0.2, 0.25) is 0 Å². The second kappa shape index (κ2) is 36.7. The number of pyridine rings is 3. The number of hydrogen-bond acceptors (Lipinski definition) is 13. The monoisotopic (exact) mass is 1470 g/mol. The van der Waals surface area contributed by atoms with Crippen molar-refractivity contribution in [2.75, 3.05) is 28.4 Å². The molecule has 0 radical (unpaired) electrons. The van der Waals surface area contributed by atoms with Crippen molar-refractivity contribution < 1.29 is 37.9 Å². The predicted molar refractivity (Wildman–Crippen MR) is 440 cm³/mol. The molecule has 580 valence electrons. The topological polar surface area (TPSA) is 125 Å². The molecule has 8 aromatic rings. The fourth-order valence-corrected chi connectivity index (χ4v) is 18.7. The highest BCUT2D eigenvalue weighted by atomic mass is 32.1. The summed E-state index contributed by atoms with van der Waals surface area (Å²) in [6, 6.07) is 31.6. The number of hydrogen-bond donors (Lipinski definition) is 0. The number of aromatic nitrogens is 4. The van der Waals surface area contributed by atoms with E-state index in [1.54, 1.807) is 64.6 Å². The normalized spacial score (nSPS) is 19.8. The van der Waals surface area contributed by atoms with Gasteiger partial charge in [-0.05, 0) is 273 Å². The summed E-state index contributed by atoms with van der Waals surface area (Å²) in [6.45, 7) is 49.2. The van der Waals surface area contributed by atoms with Crippen LogP contribution in [0.4, 0.5) is 0 Å². The van der Waals surface area contributed by atoms with Crippen LogP contribution in [-0.4, -0.2) is 48.4 Å². The molecule has 4 aromatic heterocycles. The Kier molecular flexibility index (Phi) is 28.6. The molecule has 107 heavy (non-hydrogen) atoms. The zero-order valence-electron chi connectivity index (χ0n) is 69.6. The lowest BCUT2D eigenvalue weighted by Crippen LogP contribution is -2.33. The van der Waals surface area contributed by atoms with E-state index in [0.717, 1.165) is 93.4 Å². The highest BCUT2D eigenvalue weighted by Gasteiger charge is 2.44. The van der Waals surface area contributed by atoms with Crippen LogP contribution in [-0.2, 0) is 52.1 Å². The molecule has 0 spiro atoms. The Morgan fingerprint density at radius 2 is 0.710 bits per heavy atom. The van der Waals surface area contributed by atoms with Crippen molar-refractivity contribution in [3.63, 3.8) is 0 Å². The maximum Gasteiger partial charge on any atom is 0.162 e. The van der Waals surface area contributed by atoms with Gasteiger partial charge in [0.25, 0.3) is 0 Å². The lowest BCUT2D eigenvalue weighted by Gasteiger charge is -2.44. The Labute approximate surface area is 648 Å². The van der Waals surface area contributed by atoms with Crippen molar-refractivity contribution in [1.29, 1.82) is 0 Å². The molecule has 0 saturated heterocycles. The minimum atomic E-state index is 0.214. The van der Waals surface area contributed by atoms with E-state index in [2.05, 4.69) is 207 Å². The van der Waals surface area contributed by atoms with Crippen LogP contribution in [0.5, 0.6) is 46.0 Å². The Morgan fingerprint density at radius 3 is 1.01 bits per heavy atom. The van der Waals surface area contributed by atoms with Crippen molar-refractivity contribution >= 4 is 11.3 Å². The summed E-state index contributed by atoms with van der Waals surface area (Å²) in [5.74, 6) is 14.3. The molecule has 8 atom stereocenters. The SMILES string of the molecule is COc1cc2c(cc1OCc1ccccn1)CCC(C(C)C)C2C(C)(C)C.COc1cc2c(cc1OCc1cccnc1)CCC(C(C)C)C2C(C)(C)C.COc1cc2c(cc1OCc1ccncc1)CCC(C(C)C)C2C(C)(C)C.COc1cc2c(cc1OCc1cncs1)CCC(C(C)C)C2C(C)(C)C. The number of methoxy groups -OCH3 is 4. The number of ether oxygens (including phenoxy) is 8. The standard InChI is InChI=1S/3C24H33NO2.C22H31NO2S/c1-16(2)19-8-7-18-13-22(27-15-17-9-11-25-12-10-17)21(26-6)14-20(18)23(19)24(3,4)5;1-16(2)19-10-9-18-12-22(27-15-17-8-7-11-25-14-17)21(26-6)13-20(18)23(19)24(3,4)5;1-16(2)19-11-10-17-13-22(27-15-18-9-7-8-12-25-18)21(26-6)14-20(17)23(19)24(3,4)5;1-14(2)17-8-7-15-9-20(25-12-16-11-23-13-26-16)19(24-6)10-18(15)21(17)22(3,4)5/h9-14,16,19,23H,7-8,15H2,1-6H3;7-8,11-14,16,19,23H,9-10,15H2,1-6H3;7-9,12-14,16,19,23H,10-11,15H2,1-6H3;9-11,13-14,17,21H,7-8,12H2,1-6H3. The molecule has 4 aliphatic rings. The number of rotatable bonds is 20. The van der Waals surface area contributed by atoms with Crippen LogP contribution >= 0.6 is 11.3 Å². The van der Waals surface area contributed by atoms with Gasteiger partial charge in [-0.25, -0.2) is 0 Å². The first-order valence-electron chi connectivity index (χ1n) is 39.6. The van der Waals surface area contributed by atoms with Gasteiger partial charge in [0, 0.05) is 42.7 Å². The molecule has 4 aromatic carbocycles. The summed E-state index contributed by atoms with van der Waals surface area (Å²) in [5, 5.41) is 0. The zero-order valence-corrected chi connectivity index (χ0v) is 70.4. The second-order valence-corrected chi connectivity index (χ2v) is 37.1. The number of nitrogens with zero attached hydrogens (tertiary/aromatic N) is 4. The summed E-state index contributed by atoms with van der Waals surface area (Å²) in [5.41, 5.74) is 17.2. The van der Waals surface area contributed by atoms with Gasteiger partial charge >= 0.3 is 0 Å². The third-order valence-electron chi connectivity index (χ3n) is 23.1. The lowest BCUT2D eigenvalue weighted by atomic mass is 9.61. The maximum absolute atomic E-state index is 6.12. The molecule has 0 amide bonds. The van der Waals surface area contributed by atoms with E-state index in [1.165, 1.54) is 70.2 Å². The number of aryl methyl sites for hydroxylation is 4. The first-order chi connectivity index (χ1) is 50.7. The quantitative estimate of drug-likeness (QED) is 0.0721. The van der Waals surface area contributed by atoms with Crippen molar-refractivity contribution in [2.24, 2.45) is 69.0 Å². The summed E-state index contributed by atoms with van der Waals surface area (Å²) in [7, 11) is 6.92. The molecule has 4 heterocycles. The Balaban J connectivity index is 0.000000165. The largest absolute Gasteiger partial charge is 0.493 e. The maximum atomic E-state index is 6.12. The van der Waals surface area contributed by atoms with E-state index < -0.39 is 0 Å². The van der Waals surface area contributed by atoms with Crippen LogP contribution in [0.15, 0.2) is 134 Å². The van der Waals surface area contributed by atoms with Gasteiger partial charge in [0.05, 0.1) is 44.5 Å². The lowest BCUT2D eigenvalue weighted by molar-refractivity contribution is 0.169. The van der Waals surface area contributed by atoms with Gasteiger partial charge in [0.1, 0.15) is 26.4 Å². The molecule has 13 heteroatoms. The Bertz CT molecular complexity index is 3760. The summed E-state index contributed by atoms with van der Waals surface area (Å²) >= 11 is 1.61. The van der Waals surface area contributed by atoms with E-state index in [0.29, 0.717) is 97.4 Å². The van der Waals surface area contributed by atoms with E-state index in [-0.39, 0.29) is 21.7 Å². The third-order valence-corrected chi connectivity index (χ3v) is 23.9.